The standard InChI is InChI=1S/C20H14N4O4.C16H16N2O5.C15H16N2O3.C10H8N2O.C10H18O5.C9H10N2O3.4CH4/c1-26-13-6-7-14-15(10-21)17(22-16(14)9-13)19-23-18(24-28-19)11-4-3-5-12(8-11)20(25)27-2;1-16(2,3)23-15(21)18-12-7-9(22-4)5-6-10(12)11(8-17)13(18)14(19)20;1-15(2,3)20-14(18)17-9-10(8-16)12-6-5-11(19-4)7-13(12)17;1-13-8-2-3-9-7(5-11)6-12-10(9)4-8;1-9(2,3)14-7(11)13-8(12)15-10(4,5)6;1-14-9(12)7-4-2-3-6(5-7)8(10)11-13;;;;/h3-9,22H,1-2H3;5-7H,1-4H3,(H,19,20);5-7,9H,1-4H3;2-4,6,12H,1H3;1-6H3;2-5,13H,1H3,(H2,10,11);4*1H4. The molecular weight excluding hydrogens is 1510 g/mol. The Kier molecular flexibility index (Phi) is 35.8. The third-order valence-corrected chi connectivity index (χ3v) is 14.7. The number of carbonyl (C=O) groups is 7. The van der Waals surface area contributed by atoms with Gasteiger partial charge in [-0.3, -0.25) is 4.57 Å². The van der Waals surface area contributed by atoms with E-state index in [1.54, 1.807) is 202 Å². The highest BCUT2D eigenvalue weighted by atomic mass is 16.8. The van der Waals surface area contributed by atoms with Crippen molar-refractivity contribution in [2.75, 3.05) is 42.7 Å². The third kappa shape index (κ3) is 26.6. The number of H-pyrrole nitrogens is 2. The molecule has 0 bridgehead atoms. The van der Waals surface area contributed by atoms with Gasteiger partial charge in [0.05, 0.1) is 98.1 Å². The molecule has 0 aliphatic heterocycles. The first-order valence-electron chi connectivity index (χ1n) is 33.6. The van der Waals surface area contributed by atoms with E-state index in [2.05, 4.69) is 52.9 Å². The van der Waals surface area contributed by atoms with Crippen molar-refractivity contribution in [2.24, 2.45) is 10.9 Å². The number of carboxylic acids is 1. The minimum absolute atomic E-state index is 0. The minimum Gasteiger partial charge on any atom is -0.497 e. The number of nitrogens with two attached hydrogens (primary N) is 1. The lowest BCUT2D eigenvalue weighted by Gasteiger charge is -2.20. The lowest BCUT2D eigenvalue weighted by molar-refractivity contribution is -0.0295. The number of ether oxygens (including phenoxy) is 11. The van der Waals surface area contributed by atoms with Gasteiger partial charge in [0.15, 0.2) is 11.5 Å². The maximum Gasteiger partial charge on any atom is 0.519 e. The number of carboxylic acid groups (broad SMARTS) is 1. The van der Waals surface area contributed by atoms with Gasteiger partial charge in [-0.2, -0.15) is 26.0 Å². The summed E-state index contributed by atoms with van der Waals surface area (Å²) < 4.78 is 61.8. The minimum atomic E-state index is -1.39. The Morgan fingerprint density at radius 2 is 0.966 bits per heavy atom. The SMILES string of the molecule is C.C.C.C.CC(C)(C)OC(=O)OC(=O)OC(C)(C)C.COC(=O)c1cccc(-c2noc(-c3[nH]c4cc(OC)ccc4c3C#N)n2)c1.COC(=O)c1cccc(/C(N)=N/O)c1.COc1ccc2c(C#N)c(C(=O)O)n(C(=O)OC(C)(C)C)c2c1.COc1ccc2c(C#N)c[nH]c2c1.COc1ccc2c(C#N)cn(C(=O)OC(C)(C)C)c2c1. The van der Waals surface area contributed by atoms with E-state index in [9.17, 15) is 49.2 Å². The Morgan fingerprint density at radius 3 is 1.44 bits per heavy atom. The summed E-state index contributed by atoms with van der Waals surface area (Å²) in [6, 6.07) is 42.0. The van der Waals surface area contributed by atoms with Gasteiger partial charge >= 0.3 is 42.4 Å². The van der Waals surface area contributed by atoms with Crippen molar-refractivity contribution >= 4 is 91.9 Å². The van der Waals surface area contributed by atoms with Crippen LogP contribution >= 0.6 is 0 Å². The van der Waals surface area contributed by atoms with E-state index >= 15 is 0 Å². The highest BCUT2D eigenvalue weighted by molar-refractivity contribution is 6.06. The molecule has 0 saturated heterocycles. The van der Waals surface area contributed by atoms with Crippen LogP contribution in [0.3, 0.4) is 0 Å². The molecule has 6 N–H and O–H groups in total. The highest BCUT2D eigenvalue weighted by Crippen LogP contribution is 2.34. The number of carbonyl (C=O) groups excluding carboxylic acids is 6. The first-order chi connectivity index (χ1) is 53.2. The Hall–Kier alpha value is -14.9. The number of nitrogens with zero attached hydrogens (tertiary/aromatic N) is 9. The Morgan fingerprint density at radius 1 is 0.513 bits per heavy atom. The van der Waals surface area contributed by atoms with E-state index < -0.39 is 70.5 Å². The van der Waals surface area contributed by atoms with Gasteiger partial charge in [0.25, 0.3) is 5.89 Å². The van der Waals surface area contributed by atoms with Crippen LogP contribution in [0.5, 0.6) is 23.0 Å². The molecule has 0 unspecified atom stereocenters. The van der Waals surface area contributed by atoms with Crippen LogP contribution in [0.25, 0.3) is 66.6 Å². The Balaban J connectivity index is 0.000000483. The zero-order chi connectivity index (χ0) is 84.0. The van der Waals surface area contributed by atoms with Crippen molar-refractivity contribution in [1.82, 2.24) is 29.2 Å². The second-order valence-corrected chi connectivity index (χ2v) is 27.4. The van der Waals surface area contributed by atoms with Crippen LogP contribution in [0.2, 0.25) is 0 Å². The van der Waals surface area contributed by atoms with Crippen LogP contribution in [-0.4, -0.2) is 153 Å². The number of benzene rings is 6. The molecule has 33 heteroatoms. The van der Waals surface area contributed by atoms with Gasteiger partial charge in [-0.15, -0.1) is 0 Å². The van der Waals surface area contributed by atoms with E-state index in [1.807, 2.05) is 24.3 Å². The molecule has 6 aromatic carbocycles. The maximum atomic E-state index is 12.5. The van der Waals surface area contributed by atoms with Gasteiger partial charge in [-0.25, -0.2) is 38.1 Å². The van der Waals surface area contributed by atoms with E-state index in [4.69, 9.17) is 68.6 Å². The van der Waals surface area contributed by atoms with Crippen molar-refractivity contribution < 1.29 is 101 Å². The van der Waals surface area contributed by atoms with Gasteiger partial charge in [0, 0.05) is 69.3 Å². The number of rotatable bonds is 10. The van der Waals surface area contributed by atoms with Crippen LogP contribution in [0.15, 0.2) is 143 Å². The lowest BCUT2D eigenvalue weighted by Crippen LogP contribution is -2.29. The van der Waals surface area contributed by atoms with E-state index in [0.717, 1.165) is 32.1 Å². The second-order valence-electron chi connectivity index (χ2n) is 27.4. The molecule has 11 aromatic rings. The molecule has 0 aliphatic carbocycles. The monoisotopic (exact) mass is 1610 g/mol. The fourth-order valence-corrected chi connectivity index (χ4v) is 9.93. The molecule has 0 amide bonds. The summed E-state index contributed by atoms with van der Waals surface area (Å²) in [5.41, 5.74) is 8.22. The number of oxime groups is 1. The molecular formula is C84H98N12O21. The number of esters is 2. The van der Waals surface area contributed by atoms with Crippen molar-refractivity contribution in [3.05, 3.63) is 178 Å². The summed E-state index contributed by atoms with van der Waals surface area (Å²) in [7, 11) is 8.80. The zero-order valence-electron chi connectivity index (χ0n) is 65.0. The first-order valence-corrected chi connectivity index (χ1v) is 33.6. The molecule has 0 aliphatic rings. The number of hydrogen-bond acceptors (Lipinski definition) is 27. The number of nitrogens with one attached hydrogen (secondary N) is 2. The predicted octanol–water partition coefficient (Wildman–Crippen LogP) is 17.9. The quantitative estimate of drug-likeness (QED) is 0.0161. The van der Waals surface area contributed by atoms with Crippen LogP contribution in [-0.2, 0) is 33.2 Å². The van der Waals surface area contributed by atoms with Crippen LogP contribution < -0.4 is 24.7 Å². The summed E-state index contributed by atoms with van der Waals surface area (Å²) in [6.07, 6.45) is -0.317. The largest absolute Gasteiger partial charge is 0.519 e. The molecule has 5 aromatic heterocycles. The van der Waals surface area contributed by atoms with Gasteiger partial charge in [-0.05, 0) is 156 Å². The molecule has 117 heavy (non-hydrogen) atoms. The summed E-state index contributed by atoms with van der Waals surface area (Å²) in [5.74, 6) is 0.615. The number of aromatic nitrogens is 6. The molecule has 0 spiro atoms. The molecule has 0 radical (unpaired) electrons. The number of fused-ring (bicyclic) bond motifs is 4. The van der Waals surface area contributed by atoms with E-state index in [1.165, 1.54) is 44.2 Å². The van der Waals surface area contributed by atoms with Gasteiger partial charge in [0.1, 0.15) is 75.4 Å². The summed E-state index contributed by atoms with van der Waals surface area (Å²) in [5, 5.41) is 64.2. The molecule has 0 fully saturated rings. The summed E-state index contributed by atoms with van der Waals surface area (Å²) in [6.45, 7) is 20.4. The normalized spacial score (nSPS) is 10.6. The zero-order valence-corrected chi connectivity index (χ0v) is 65.0. The van der Waals surface area contributed by atoms with Crippen LogP contribution in [0, 0.1) is 45.3 Å². The van der Waals surface area contributed by atoms with Crippen LogP contribution in [0.1, 0.15) is 172 Å². The first kappa shape index (κ1) is 98.2. The summed E-state index contributed by atoms with van der Waals surface area (Å²) in [4.78, 5) is 91.6. The molecule has 0 saturated carbocycles. The van der Waals surface area contributed by atoms with E-state index in [-0.39, 0.29) is 52.5 Å². The predicted molar refractivity (Wildman–Crippen MR) is 437 cm³/mol. The average molecular weight is 1610 g/mol. The number of nitriles is 4. The van der Waals surface area contributed by atoms with E-state index in [0.29, 0.717) is 84.0 Å². The van der Waals surface area contributed by atoms with Gasteiger partial charge < -0.3 is 82.6 Å². The fraction of sp³-hybridized carbons (Fsp3) is 0.310. The van der Waals surface area contributed by atoms with Crippen molar-refractivity contribution in [3.63, 3.8) is 0 Å². The topological polar surface area (TPSA) is 475 Å². The fourth-order valence-electron chi connectivity index (χ4n) is 9.93. The second kappa shape index (κ2) is 42.7. The molecule has 5 heterocycles. The van der Waals surface area contributed by atoms with Gasteiger partial charge in [-0.1, -0.05) is 64.3 Å². The number of amidine groups is 1. The molecule has 11 rings (SSSR count). The molecule has 0 atom stereocenters. The smallest absolute Gasteiger partial charge is 0.497 e. The van der Waals surface area contributed by atoms with Crippen LogP contribution in [0.4, 0.5) is 19.2 Å². The Labute approximate surface area is 677 Å². The number of aromatic carboxylic acids is 1. The number of hydrogen-bond donors (Lipinski definition) is 5. The highest BCUT2D eigenvalue weighted by Gasteiger charge is 2.31. The lowest BCUT2D eigenvalue weighted by atomic mass is 10.1. The summed E-state index contributed by atoms with van der Waals surface area (Å²) >= 11 is 0. The third-order valence-electron chi connectivity index (χ3n) is 14.7. The maximum absolute atomic E-state index is 12.5. The average Bonchev–Trinajstić information content (AvgIpc) is 1.59. The van der Waals surface area contributed by atoms with Crippen molar-refractivity contribution in [1.29, 1.82) is 21.0 Å². The number of aromatic amines is 2. The Bertz CT molecular complexity index is 5520. The van der Waals surface area contributed by atoms with Crippen molar-refractivity contribution in [3.8, 4) is 70.2 Å². The number of methoxy groups -OCH3 is 6. The molecule has 620 valence electrons. The molecule has 33 nitrogen and oxygen atoms in total. The van der Waals surface area contributed by atoms with Gasteiger partial charge in [0.2, 0.25) is 5.82 Å². The van der Waals surface area contributed by atoms with Crippen molar-refractivity contribution in [2.45, 2.75) is 135 Å².